The molecule has 4 nitrogen and oxygen atoms in total. The van der Waals surface area contributed by atoms with Gasteiger partial charge < -0.3 is 0 Å². The zero-order valence-corrected chi connectivity index (χ0v) is 22.0. The smallest absolute Gasteiger partial charge is 0.241 e. The highest BCUT2D eigenvalue weighted by atomic mass is 32.2. The van der Waals surface area contributed by atoms with Crippen molar-refractivity contribution in [3.8, 4) is 0 Å². The van der Waals surface area contributed by atoms with Gasteiger partial charge in [-0.25, -0.2) is 13.1 Å². The number of nitrogens with zero attached hydrogens (tertiary/aromatic N) is 1. The Kier molecular flexibility index (Phi) is 9.07. The van der Waals surface area contributed by atoms with E-state index < -0.39 is 16.1 Å². The zero-order chi connectivity index (χ0) is 26.1. The van der Waals surface area contributed by atoms with E-state index in [0.29, 0.717) is 19.5 Å². The van der Waals surface area contributed by atoms with E-state index in [1.165, 1.54) is 11.1 Å². The van der Waals surface area contributed by atoms with Gasteiger partial charge in [0.25, 0.3) is 0 Å². The molecule has 0 bridgehead atoms. The van der Waals surface area contributed by atoms with Crippen molar-refractivity contribution in [2.24, 2.45) is 0 Å². The number of sulfonamides is 1. The molecule has 37 heavy (non-hydrogen) atoms. The first kappa shape index (κ1) is 26.6. The molecule has 1 N–H and O–H groups in total. The van der Waals surface area contributed by atoms with Crippen LogP contribution in [-0.2, 0) is 29.5 Å². The Balaban J connectivity index is 1.72. The first-order valence-corrected chi connectivity index (χ1v) is 14.0. The van der Waals surface area contributed by atoms with Gasteiger partial charge in [-0.15, -0.1) is 6.58 Å². The van der Waals surface area contributed by atoms with Gasteiger partial charge in [0.2, 0.25) is 10.0 Å². The summed E-state index contributed by atoms with van der Waals surface area (Å²) in [6.45, 7) is 7.34. The lowest BCUT2D eigenvalue weighted by atomic mass is 9.96. The zero-order valence-electron chi connectivity index (χ0n) is 21.2. The van der Waals surface area contributed by atoms with Crippen molar-refractivity contribution in [3.05, 3.63) is 150 Å². The summed E-state index contributed by atoms with van der Waals surface area (Å²) in [4.78, 5) is 2.60. The van der Waals surface area contributed by atoms with Crippen molar-refractivity contribution in [3.63, 3.8) is 0 Å². The molecule has 0 fully saturated rings. The average molecular weight is 511 g/mol. The van der Waals surface area contributed by atoms with Crippen LogP contribution in [0, 0.1) is 6.92 Å². The first-order chi connectivity index (χ1) is 17.9. The largest absolute Gasteiger partial charge is 0.290 e. The maximum atomic E-state index is 13.4. The fourth-order valence-electron chi connectivity index (χ4n) is 4.51. The molecule has 190 valence electrons. The topological polar surface area (TPSA) is 49.4 Å². The van der Waals surface area contributed by atoms with Gasteiger partial charge in [-0.3, -0.25) is 4.90 Å². The van der Waals surface area contributed by atoms with Gasteiger partial charge in [0.05, 0.1) is 10.9 Å². The lowest BCUT2D eigenvalue weighted by Crippen LogP contribution is -2.51. The average Bonchev–Trinajstić information content (AvgIpc) is 2.92. The lowest BCUT2D eigenvalue weighted by molar-refractivity contribution is 0.159. The van der Waals surface area contributed by atoms with Crippen LogP contribution in [0.25, 0.3) is 0 Å². The van der Waals surface area contributed by atoms with Crippen LogP contribution in [-0.4, -0.2) is 25.4 Å². The second-order valence-electron chi connectivity index (χ2n) is 9.33. The van der Waals surface area contributed by atoms with Gasteiger partial charge in [0.1, 0.15) is 0 Å². The number of hydrogen-bond donors (Lipinski definition) is 1. The summed E-state index contributed by atoms with van der Waals surface area (Å²) in [7, 11) is -3.75. The Labute approximate surface area is 221 Å². The fourth-order valence-corrected chi connectivity index (χ4v) is 5.76. The highest BCUT2D eigenvalue weighted by Crippen LogP contribution is 2.22. The second kappa shape index (κ2) is 12.6. The summed E-state index contributed by atoms with van der Waals surface area (Å²) in [5.41, 5.74) is 4.49. The predicted molar refractivity (Wildman–Crippen MR) is 152 cm³/mol. The molecule has 0 saturated heterocycles. The molecule has 0 saturated carbocycles. The minimum Gasteiger partial charge on any atom is -0.290 e. The van der Waals surface area contributed by atoms with Crippen molar-refractivity contribution < 1.29 is 8.42 Å². The summed E-state index contributed by atoms with van der Waals surface area (Å²) in [6, 6.07) is 37.0. The molecule has 5 heteroatoms. The summed E-state index contributed by atoms with van der Waals surface area (Å²) >= 11 is 0. The Morgan fingerprint density at radius 2 is 1.19 bits per heavy atom. The van der Waals surface area contributed by atoms with Crippen LogP contribution in [0.1, 0.15) is 22.3 Å². The number of rotatable bonds is 12. The molecule has 2 atom stereocenters. The molecular formula is C32H34N2O2S. The summed E-state index contributed by atoms with van der Waals surface area (Å²) in [5, 5.41) is 0. The Morgan fingerprint density at radius 3 is 1.65 bits per heavy atom. The summed E-state index contributed by atoms with van der Waals surface area (Å²) in [6.07, 6.45) is 2.38. The van der Waals surface area contributed by atoms with Crippen LogP contribution >= 0.6 is 0 Å². The van der Waals surface area contributed by atoms with E-state index in [1.54, 1.807) is 18.2 Å². The van der Waals surface area contributed by atoms with E-state index in [0.717, 1.165) is 11.1 Å². The van der Waals surface area contributed by atoms with Crippen molar-refractivity contribution in [2.45, 2.75) is 43.4 Å². The van der Waals surface area contributed by atoms with Crippen LogP contribution in [0.4, 0.5) is 0 Å². The molecule has 4 aromatic carbocycles. The Hall–Kier alpha value is -3.51. The van der Waals surface area contributed by atoms with Gasteiger partial charge in [-0.05, 0) is 42.2 Å². The van der Waals surface area contributed by atoms with E-state index in [1.807, 2.05) is 73.7 Å². The van der Waals surface area contributed by atoms with E-state index in [-0.39, 0.29) is 10.9 Å². The highest BCUT2D eigenvalue weighted by Gasteiger charge is 2.30. The van der Waals surface area contributed by atoms with Gasteiger partial charge >= 0.3 is 0 Å². The molecule has 0 unspecified atom stereocenters. The van der Waals surface area contributed by atoms with Gasteiger partial charge in [0, 0.05) is 19.1 Å². The minimum atomic E-state index is -3.75. The van der Waals surface area contributed by atoms with Crippen LogP contribution < -0.4 is 4.72 Å². The minimum absolute atomic E-state index is 0.180. The monoisotopic (exact) mass is 510 g/mol. The van der Waals surface area contributed by atoms with Crippen LogP contribution in [0.3, 0.4) is 0 Å². The van der Waals surface area contributed by atoms with Crippen LogP contribution in [0.2, 0.25) is 0 Å². The molecule has 0 aliphatic heterocycles. The van der Waals surface area contributed by atoms with E-state index in [9.17, 15) is 8.42 Å². The maximum Gasteiger partial charge on any atom is 0.241 e. The SMILES string of the molecule is C=C[C@@H](NS(=O)(=O)c1ccc(C)cc1)[C@H](Cc1ccccc1)N(Cc1ccccc1)Cc1ccccc1. The molecule has 4 rings (SSSR count). The number of nitrogens with one attached hydrogen (secondary N) is 1. The lowest BCUT2D eigenvalue weighted by Gasteiger charge is -2.37. The highest BCUT2D eigenvalue weighted by molar-refractivity contribution is 7.89. The first-order valence-electron chi connectivity index (χ1n) is 12.5. The van der Waals surface area contributed by atoms with Crippen LogP contribution in [0.5, 0.6) is 0 Å². The van der Waals surface area contributed by atoms with Gasteiger partial charge in [0.15, 0.2) is 0 Å². The standard InChI is InChI=1S/C32H34N2O2S/c1-3-31(33-37(35,36)30-21-19-26(2)20-22-30)32(23-27-13-7-4-8-14-27)34(24-28-15-9-5-10-16-28)25-29-17-11-6-12-18-29/h3-22,31-33H,1,23-25H2,2H3/t31-,32+/m1/s1. The van der Waals surface area contributed by atoms with Crippen LogP contribution in [0.15, 0.2) is 133 Å². The molecule has 0 radical (unpaired) electrons. The third-order valence-electron chi connectivity index (χ3n) is 6.50. The van der Waals surface area contributed by atoms with Crippen molar-refractivity contribution in [1.82, 2.24) is 9.62 Å². The number of hydrogen-bond acceptors (Lipinski definition) is 3. The normalized spacial score (nSPS) is 13.2. The van der Waals surface area contributed by atoms with Gasteiger partial charge in [-0.2, -0.15) is 0 Å². The van der Waals surface area contributed by atoms with Crippen molar-refractivity contribution in [2.75, 3.05) is 0 Å². The quantitative estimate of drug-likeness (QED) is 0.233. The van der Waals surface area contributed by atoms with E-state index in [4.69, 9.17) is 0 Å². The predicted octanol–water partition coefficient (Wildman–Crippen LogP) is 6.14. The van der Waals surface area contributed by atoms with E-state index >= 15 is 0 Å². The van der Waals surface area contributed by atoms with Crippen molar-refractivity contribution in [1.29, 1.82) is 0 Å². The molecular weight excluding hydrogens is 476 g/mol. The third-order valence-corrected chi connectivity index (χ3v) is 7.98. The molecule has 0 amide bonds. The van der Waals surface area contributed by atoms with Gasteiger partial charge in [-0.1, -0.05) is 115 Å². The van der Waals surface area contributed by atoms with Crippen molar-refractivity contribution >= 4 is 10.0 Å². The number of benzene rings is 4. The molecule has 0 aliphatic rings. The third kappa shape index (κ3) is 7.49. The maximum absolute atomic E-state index is 13.4. The molecule has 4 aromatic rings. The fraction of sp³-hybridized carbons (Fsp3) is 0.188. The molecule has 0 spiro atoms. The second-order valence-corrected chi connectivity index (χ2v) is 11.0. The summed E-state index contributed by atoms with van der Waals surface area (Å²) in [5.74, 6) is 0. The van der Waals surface area contributed by atoms with E-state index in [2.05, 4.69) is 52.6 Å². The molecule has 0 aromatic heterocycles. The number of aryl methyl sites for hydroxylation is 1. The Morgan fingerprint density at radius 1 is 0.730 bits per heavy atom. The summed E-state index contributed by atoms with van der Waals surface area (Å²) < 4.78 is 29.8. The Bertz CT molecular complexity index is 1320. The molecule has 0 aliphatic carbocycles. The molecule has 0 heterocycles.